The zero-order valence-corrected chi connectivity index (χ0v) is 12.2. The SMILES string of the molecule is CCC1CCC(N)(CCS(=O)(=O)C(C)C)CC1. The molecule has 0 unspecified atom stereocenters. The van der Waals surface area contributed by atoms with Crippen molar-refractivity contribution in [3.05, 3.63) is 0 Å². The van der Waals surface area contributed by atoms with Gasteiger partial charge in [-0.2, -0.15) is 0 Å². The summed E-state index contributed by atoms with van der Waals surface area (Å²) in [6.07, 6.45) is 6.14. The van der Waals surface area contributed by atoms with E-state index in [9.17, 15) is 8.42 Å². The Morgan fingerprint density at radius 2 is 1.82 bits per heavy atom. The van der Waals surface area contributed by atoms with Crippen molar-refractivity contribution in [3.8, 4) is 0 Å². The number of nitrogens with two attached hydrogens (primary N) is 1. The third-order valence-corrected chi connectivity index (χ3v) is 6.49. The van der Waals surface area contributed by atoms with Gasteiger partial charge in [0.1, 0.15) is 0 Å². The summed E-state index contributed by atoms with van der Waals surface area (Å²) < 4.78 is 23.6. The molecule has 0 bridgehead atoms. The first-order valence-electron chi connectivity index (χ1n) is 6.79. The molecular formula is C13H27NO2S. The second kappa shape index (κ2) is 5.70. The molecule has 2 N–H and O–H groups in total. The van der Waals surface area contributed by atoms with Crippen LogP contribution in [0.3, 0.4) is 0 Å². The normalized spacial score (nSPS) is 30.8. The first kappa shape index (κ1) is 15.0. The van der Waals surface area contributed by atoms with E-state index in [0.717, 1.165) is 31.6 Å². The van der Waals surface area contributed by atoms with Gasteiger partial charge in [0.15, 0.2) is 9.84 Å². The van der Waals surface area contributed by atoms with Gasteiger partial charge >= 0.3 is 0 Å². The molecule has 102 valence electrons. The van der Waals surface area contributed by atoms with Gasteiger partial charge in [0.25, 0.3) is 0 Å². The fraction of sp³-hybridized carbons (Fsp3) is 1.00. The first-order valence-corrected chi connectivity index (χ1v) is 8.51. The largest absolute Gasteiger partial charge is 0.325 e. The third-order valence-electron chi connectivity index (χ3n) is 4.28. The van der Waals surface area contributed by atoms with E-state index in [1.807, 2.05) is 0 Å². The quantitative estimate of drug-likeness (QED) is 0.827. The van der Waals surface area contributed by atoms with Crippen LogP contribution in [0.4, 0.5) is 0 Å². The van der Waals surface area contributed by atoms with Gasteiger partial charge in [-0.25, -0.2) is 8.42 Å². The highest BCUT2D eigenvalue weighted by atomic mass is 32.2. The van der Waals surface area contributed by atoms with Gasteiger partial charge in [-0.1, -0.05) is 13.3 Å². The topological polar surface area (TPSA) is 60.2 Å². The molecule has 1 saturated carbocycles. The highest BCUT2D eigenvalue weighted by molar-refractivity contribution is 7.91. The molecule has 1 aliphatic rings. The number of hydrogen-bond donors (Lipinski definition) is 1. The Morgan fingerprint density at radius 1 is 1.29 bits per heavy atom. The maximum absolute atomic E-state index is 11.8. The van der Waals surface area contributed by atoms with Crippen LogP contribution < -0.4 is 5.73 Å². The van der Waals surface area contributed by atoms with Crippen LogP contribution >= 0.6 is 0 Å². The van der Waals surface area contributed by atoms with Crippen LogP contribution in [0, 0.1) is 5.92 Å². The van der Waals surface area contributed by atoms with Gasteiger partial charge in [-0.15, -0.1) is 0 Å². The van der Waals surface area contributed by atoms with Crippen molar-refractivity contribution in [2.75, 3.05) is 5.75 Å². The van der Waals surface area contributed by atoms with Gasteiger partial charge in [0, 0.05) is 5.54 Å². The average Bonchev–Trinajstić information content (AvgIpc) is 2.28. The van der Waals surface area contributed by atoms with Gasteiger partial charge in [0.2, 0.25) is 0 Å². The molecule has 1 rings (SSSR count). The Labute approximate surface area is 106 Å². The Bertz CT molecular complexity index is 327. The molecule has 0 atom stereocenters. The number of sulfone groups is 1. The van der Waals surface area contributed by atoms with Crippen molar-refractivity contribution in [3.63, 3.8) is 0 Å². The minimum absolute atomic E-state index is 0.229. The molecule has 0 amide bonds. The second-order valence-corrected chi connectivity index (χ2v) is 8.56. The van der Waals surface area contributed by atoms with E-state index in [1.165, 1.54) is 6.42 Å². The van der Waals surface area contributed by atoms with E-state index < -0.39 is 9.84 Å². The molecule has 0 radical (unpaired) electrons. The molecule has 3 nitrogen and oxygen atoms in total. The Hall–Kier alpha value is -0.0900. The van der Waals surface area contributed by atoms with Crippen LogP contribution in [0.15, 0.2) is 0 Å². The van der Waals surface area contributed by atoms with Gasteiger partial charge < -0.3 is 5.73 Å². The summed E-state index contributed by atoms with van der Waals surface area (Å²) in [5.74, 6) is 1.05. The molecule has 1 aliphatic carbocycles. The first-order chi connectivity index (χ1) is 7.79. The predicted octanol–water partition coefficient (Wildman–Crippen LogP) is 2.50. The summed E-state index contributed by atoms with van der Waals surface area (Å²) in [5.41, 5.74) is 6.09. The van der Waals surface area contributed by atoms with Crippen molar-refractivity contribution in [2.24, 2.45) is 11.7 Å². The van der Waals surface area contributed by atoms with E-state index in [4.69, 9.17) is 5.73 Å². The second-order valence-electron chi connectivity index (χ2n) is 5.88. The lowest BCUT2D eigenvalue weighted by Crippen LogP contribution is -2.45. The van der Waals surface area contributed by atoms with Crippen molar-refractivity contribution < 1.29 is 8.42 Å². The lowest BCUT2D eigenvalue weighted by molar-refractivity contribution is 0.224. The summed E-state index contributed by atoms with van der Waals surface area (Å²) >= 11 is 0. The zero-order valence-electron chi connectivity index (χ0n) is 11.4. The maximum atomic E-state index is 11.8. The minimum atomic E-state index is -2.93. The molecule has 4 heteroatoms. The molecule has 0 spiro atoms. The van der Waals surface area contributed by atoms with Gasteiger partial charge in [-0.05, 0) is 51.9 Å². The third kappa shape index (κ3) is 4.25. The van der Waals surface area contributed by atoms with Crippen LogP contribution in [0.25, 0.3) is 0 Å². The van der Waals surface area contributed by atoms with Crippen molar-refractivity contribution in [2.45, 2.75) is 70.1 Å². The van der Waals surface area contributed by atoms with Crippen LogP contribution in [-0.2, 0) is 9.84 Å². The van der Waals surface area contributed by atoms with Crippen LogP contribution in [0.5, 0.6) is 0 Å². The molecule has 1 fully saturated rings. The van der Waals surface area contributed by atoms with Crippen LogP contribution in [0.2, 0.25) is 0 Å². The summed E-state index contributed by atoms with van der Waals surface area (Å²) in [7, 11) is -2.93. The molecule has 0 aliphatic heterocycles. The predicted molar refractivity (Wildman–Crippen MR) is 72.7 cm³/mol. The maximum Gasteiger partial charge on any atom is 0.152 e. The standard InChI is InChI=1S/C13H27NO2S/c1-4-12-5-7-13(14,8-6-12)9-10-17(15,16)11(2)3/h11-12H,4-10,14H2,1-3H3. The molecule has 0 heterocycles. The molecule has 0 aromatic carbocycles. The van der Waals surface area contributed by atoms with Crippen molar-refractivity contribution in [1.29, 1.82) is 0 Å². The molecule has 0 aromatic heterocycles. The molecule has 17 heavy (non-hydrogen) atoms. The van der Waals surface area contributed by atoms with Gasteiger partial charge in [-0.3, -0.25) is 0 Å². The monoisotopic (exact) mass is 261 g/mol. The fourth-order valence-electron chi connectivity index (χ4n) is 2.49. The number of rotatable bonds is 5. The summed E-state index contributed by atoms with van der Waals surface area (Å²) in [6, 6.07) is 0. The summed E-state index contributed by atoms with van der Waals surface area (Å²) in [4.78, 5) is 0. The lowest BCUT2D eigenvalue weighted by Gasteiger charge is -2.37. The number of hydrogen-bond acceptors (Lipinski definition) is 3. The zero-order chi connectivity index (χ0) is 13.1. The average molecular weight is 261 g/mol. The molecule has 0 aromatic rings. The molecule has 0 saturated heterocycles. The van der Waals surface area contributed by atoms with Crippen LogP contribution in [-0.4, -0.2) is 25.0 Å². The Balaban J connectivity index is 2.47. The fourth-order valence-corrected chi connectivity index (χ4v) is 3.65. The minimum Gasteiger partial charge on any atom is -0.325 e. The smallest absolute Gasteiger partial charge is 0.152 e. The van der Waals surface area contributed by atoms with E-state index >= 15 is 0 Å². The highest BCUT2D eigenvalue weighted by Gasteiger charge is 2.32. The van der Waals surface area contributed by atoms with Crippen LogP contribution in [0.1, 0.15) is 59.3 Å². The Morgan fingerprint density at radius 3 is 2.24 bits per heavy atom. The van der Waals surface area contributed by atoms with E-state index in [-0.39, 0.29) is 16.5 Å². The van der Waals surface area contributed by atoms with E-state index in [2.05, 4.69) is 6.92 Å². The van der Waals surface area contributed by atoms with E-state index in [1.54, 1.807) is 13.8 Å². The lowest BCUT2D eigenvalue weighted by atomic mass is 9.75. The van der Waals surface area contributed by atoms with Gasteiger partial charge in [0.05, 0.1) is 11.0 Å². The Kier molecular flexibility index (Phi) is 5.02. The molecular weight excluding hydrogens is 234 g/mol. The summed E-state index contributed by atoms with van der Waals surface area (Å²) in [5, 5.41) is -0.280. The van der Waals surface area contributed by atoms with Crippen molar-refractivity contribution >= 4 is 9.84 Å². The van der Waals surface area contributed by atoms with Crippen molar-refractivity contribution in [1.82, 2.24) is 0 Å². The summed E-state index contributed by atoms with van der Waals surface area (Å²) in [6.45, 7) is 5.70. The van der Waals surface area contributed by atoms with E-state index in [0.29, 0.717) is 6.42 Å². The highest BCUT2D eigenvalue weighted by Crippen LogP contribution is 2.34.